The lowest BCUT2D eigenvalue weighted by molar-refractivity contribution is 0.0761. The summed E-state index contributed by atoms with van der Waals surface area (Å²) in [5.41, 5.74) is 1.55. The number of benzene rings is 2. The van der Waals surface area contributed by atoms with E-state index in [-0.39, 0.29) is 16.6 Å². The van der Waals surface area contributed by atoms with E-state index in [1.807, 2.05) is 17.0 Å². The van der Waals surface area contributed by atoms with E-state index in [2.05, 4.69) is 17.0 Å². The summed E-state index contributed by atoms with van der Waals surface area (Å²) in [4.78, 5) is 17.5. The first-order chi connectivity index (χ1) is 16.3. The molecule has 2 aromatic rings. The number of sulfonamides is 1. The van der Waals surface area contributed by atoms with Gasteiger partial charge >= 0.3 is 0 Å². The van der Waals surface area contributed by atoms with E-state index in [4.69, 9.17) is 9.47 Å². The van der Waals surface area contributed by atoms with Gasteiger partial charge in [-0.2, -0.15) is 4.31 Å². The SMILES string of the molecule is CCN(CC)S(=O)(=O)c1cc(C(=O)N2CCCN(Cc3ccc(OC)cc3)CC2)ccc1OC. The van der Waals surface area contributed by atoms with Crippen LogP contribution in [0, 0.1) is 0 Å². The van der Waals surface area contributed by atoms with E-state index >= 15 is 0 Å². The van der Waals surface area contributed by atoms with Crippen LogP contribution in [0.1, 0.15) is 36.2 Å². The van der Waals surface area contributed by atoms with Crippen molar-refractivity contribution in [2.75, 3.05) is 53.5 Å². The molecule has 8 nitrogen and oxygen atoms in total. The van der Waals surface area contributed by atoms with Crippen molar-refractivity contribution in [2.24, 2.45) is 0 Å². The van der Waals surface area contributed by atoms with Crippen molar-refractivity contribution in [3.63, 3.8) is 0 Å². The monoisotopic (exact) mass is 489 g/mol. The van der Waals surface area contributed by atoms with Crippen LogP contribution >= 0.6 is 0 Å². The Morgan fingerprint density at radius 2 is 1.65 bits per heavy atom. The summed E-state index contributed by atoms with van der Waals surface area (Å²) in [6, 6.07) is 12.7. The van der Waals surface area contributed by atoms with Crippen molar-refractivity contribution in [3.05, 3.63) is 53.6 Å². The average molecular weight is 490 g/mol. The molecule has 186 valence electrons. The number of methoxy groups -OCH3 is 2. The van der Waals surface area contributed by atoms with Crippen LogP contribution in [0.5, 0.6) is 11.5 Å². The Kier molecular flexibility index (Phi) is 8.93. The molecule has 0 saturated carbocycles. The summed E-state index contributed by atoms with van der Waals surface area (Å²) >= 11 is 0. The van der Waals surface area contributed by atoms with Crippen LogP contribution in [-0.2, 0) is 16.6 Å². The van der Waals surface area contributed by atoms with Gasteiger partial charge in [-0.25, -0.2) is 8.42 Å². The van der Waals surface area contributed by atoms with Gasteiger partial charge < -0.3 is 14.4 Å². The number of hydrogen-bond donors (Lipinski definition) is 0. The molecule has 0 bridgehead atoms. The number of hydrogen-bond acceptors (Lipinski definition) is 6. The number of carbonyl (C=O) groups excluding carboxylic acids is 1. The van der Waals surface area contributed by atoms with Crippen molar-refractivity contribution in [1.82, 2.24) is 14.1 Å². The van der Waals surface area contributed by atoms with Gasteiger partial charge in [0, 0.05) is 51.4 Å². The number of carbonyl (C=O) groups is 1. The molecule has 1 saturated heterocycles. The molecule has 9 heteroatoms. The minimum Gasteiger partial charge on any atom is -0.497 e. The molecule has 1 fully saturated rings. The molecule has 0 atom stereocenters. The van der Waals surface area contributed by atoms with Crippen molar-refractivity contribution >= 4 is 15.9 Å². The minimum absolute atomic E-state index is 0.0282. The second-order valence-corrected chi connectivity index (χ2v) is 10.1. The van der Waals surface area contributed by atoms with E-state index in [1.165, 1.54) is 23.0 Å². The lowest BCUT2D eigenvalue weighted by Gasteiger charge is -2.23. The second-order valence-electron chi connectivity index (χ2n) is 8.22. The van der Waals surface area contributed by atoms with Crippen molar-refractivity contribution in [3.8, 4) is 11.5 Å². The highest BCUT2D eigenvalue weighted by Gasteiger charge is 2.28. The Morgan fingerprint density at radius 1 is 0.941 bits per heavy atom. The van der Waals surface area contributed by atoms with E-state index in [1.54, 1.807) is 33.1 Å². The minimum atomic E-state index is -3.77. The molecule has 1 heterocycles. The van der Waals surface area contributed by atoms with Gasteiger partial charge in [0.15, 0.2) is 0 Å². The van der Waals surface area contributed by atoms with Crippen LogP contribution in [0.2, 0.25) is 0 Å². The molecule has 0 unspecified atom stereocenters. The largest absolute Gasteiger partial charge is 0.497 e. The maximum Gasteiger partial charge on any atom is 0.253 e. The zero-order chi connectivity index (χ0) is 24.7. The quantitative estimate of drug-likeness (QED) is 0.539. The van der Waals surface area contributed by atoms with E-state index in [0.29, 0.717) is 31.7 Å². The first-order valence-corrected chi connectivity index (χ1v) is 13.1. The number of ether oxygens (including phenoxy) is 2. The zero-order valence-electron chi connectivity index (χ0n) is 20.5. The molecular formula is C25H35N3O5S. The molecule has 0 aromatic heterocycles. The predicted octanol–water partition coefficient (Wildman–Crippen LogP) is 3.08. The molecular weight excluding hydrogens is 454 g/mol. The van der Waals surface area contributed by atoms with Crippen LogP contribution < -0.4 is 9.47 Å². The molecule has 34 heavy (non-hydrogen) atoms. The third-order valence-corrected chi connectivity index (χ3v) is 8.25. The summed E-state index contributed by atoms with van der Waals surface area (Å²) in [6.07, 6.45) is 0.850. The number of rotatable bonds is 9. The van der Waals surface area contributed by atoms with Crippen LogP contribution in [0.4, 0.5) is 0 Å². The summed E-state index contributed by atoms with van der Waals surface area (Å²) in [5, 5.41) is 0. The topological polar surface area (TPSA) is 79.4 Å². The Balaban J connectivity index is 1.74. The van der Waals surface area contributed by atoms with Gasteiger partial charge in [-0.1, -0.05) is 26.0 Å². The summed E-state index contributed by atoms with van der Waals surface area (Å²) in [5.74, 6) is 0.910. The number of nitrogens with zero attached hydrogens (tertiary/aromatic N) is 3. The Hall–Kier alpha value is -2.62. The van der Waals surface area contributed by atoms with Gasteiger partial charge in [0.25, 0.3) is 5.91 Å². The molecule has 1 aliphatic rings. The Labute approximate surface area is 203 Å². The molecule has 3 rings (SSSR count). The molecule has 0 radical (unpaired) electrons. The first-order valence-electron chi connectivity index (χ1n) is 11.7. The van der Waals surface area contributed by atoms with Gasteiger partial charge in [0.2, 0.25) is 10.0 Å². The summed E-state index contributed by atoms with van der Waals surface area (Å²) in [6.45, 7) is 7.92. The fraction of sp³-hybridized carbons (Fsp3) is 0.480. The molecule has 0 N–H and O–H groups in total. The maximum atomic E-state index is 13.3. The maximum absolute atomic E-state index is 13.3. The Bertz CT molecular complexity index is 1070. The summed E-state index contributed by atoms with van der Waals surface area (Å²) in [7, 11) is -0.678. The smallest absolute Gasteiger partial charge is 0.253 e. The van der Waals surface area contributed by atoms with Crippen LogP contribution in [0.3, 0.4) is 0 Å². The van der Waals surface area contributed by atoms with E-state index in [9.17, 15) is 13.2 Å². The standard InChI is InChI=1S/C25H35N3O5S/c1-5-28(6-2)34(30,31)24-18-21(10-13-23(24)33-4)25(29)27-15-7-14-26(16-17-27)19-20-8-11-22(32-3)12-9-20/h8-13,18H,5-7,14-17,19H2,1-4H3. The fourth-order valence-corrected chi connectivity index (χ4v) is 5.86. The molecule has 1 amide bonds. The highest BCUT2D eigenvalue weighted by atomic mass is 32.2. The van der Waals surface area contributed by atoms with Gasteiger partial charge in [-0.15, -0.1) is 0 Å². The molecule has 1 aliphatic heterocycles. The highest BCUT2D eigenvalue weighted by Crippen LogP contribution is 2.28. The number of amides is 1. The van der Waals surface area contributed by atoms with Gasteiger partial charge in [-0.3, -0.25) is 9.69 Å². The van der Waals surface area contributed by atoms with E-state index < -0.39 is 10.0 Å². The zero-order valence-corrected chi connectivity index (χ0v) is 21.3. The fourth-order valence-electron chi connectivity index (χ4n) is 4.22. The lowest BCUT2D eigenvalue weighted by Crippen LogP contribution is -2.35. The second kappa shape index (κ2) is 11.7. The lowest BCUT2D eigenvalue weighted by atomic mass is 10.2. The third-order valence-electron chi connectivity index (χ3n) is 6.17. The van der Waals surface area contributed by atoms with Crippen molar-refractivity contribution in [1.29, 1.82) is 0 Å². The predicted molar refractivity (Wildman–Crippen MR) is 132 cm³/mol. The van der Waals surface area contributed by atoms with Gasteiger partial charge in [0.05, 0.1) is 14.2 Å². The first kappa shape index (κ1) is 26.0. The Morgan fingerprint density at radius 3 is 2.26 bits per heavy atom. The van der Waals surface area contributed by atoms with Crippen molar-refractivity contribution < 1.29 is 22.7 Å². The molecule has 2 aromatic carbocycles. The third kappa shape index (κ3) is 5.89. The highest BCUT2D eigenvalue weighted by molar-refractivity contribution is 7.89. The van der Waals surface area contributed by atoms with Gasteiger partial charge in [0.1, 0.15) is 16.4 Å². The van der Waals surface area contributed by atoms with Crippen LogP contribution in [0.25, 0.3) is 0 Å². The van der Waals surface area contributed by atoms with Crippen LogP contribution in [-0.4, -0.2) is 81.9 Å². The van der Waals surface area contributed by atoms with Gasteiger partial charge in [-0.05, 0) is 42.3 Å². The van der Waals surface area contributed by atoms with Crippen LogP contribution in [0.15, 0.2) is 47.4 Å². The molecule has 0 aliphatic carbocycles. The normalized spacial score (nSPS) is 15.3. The van der Waals surface area contributed by atoms with Crippen molar-refractivity contribution in [2.45, 2.75) is 31.7 Å². The van der Waals surface area contributed by atoms with E-state index in [0.717, 1.165) is 31.8 Å². The molecule has 0 spiro atoms. The summed E-state index contributed by atoms with van der Waals surface area (Å²) < 4.78 is 38.2. The average Bonchev–Trinajstić information content (AvgIpc) is 3.09.